The van der Waals surface area contributed by atoms with E-state index < -0.39 is 48.5 Å². The van der Waals surface area contributed by atoms with E-state index in [9.17, 15) is 20.4 Å². The first-order valence-electron chi connectivity index (χ1n) is 9.66. The average Bonchev–Trinajstić information content (AvgIpc) is 2.60. The van der Waals surface area contributed by atoms with Crippen LogP contribution < -0.4 is 0 Å². The lowest BCUT2D eigenvalue weighted by Gasteiger charge is -2.39. The number of benzene rings is 1. The van der Waals surface area contributed by atoms with Gasteiger partial charge >= 0.3 is 17.2 Å². The molecule has 0 amide bonds. The van der Waals surface area contributed by atoms with Gasteiger partial charge in [0, 0.05) is 0 Å². The molecule has 0 spiro atoms. The zero-order chi connectivity index (χ0) is 24.8. The molecule has 9 nitrogen and oxygen atoms in total. The van der Waals surface area contributed by atoms with Crippen molar-refractivity contribution in [2.45, 2.75) is 65.4 Å². The van der Waals surface area contributed by atoms with E-state index in [4.69, 9.17) is 19.6 Å². The van der Waals surface area contributed by atoms with Crippen LogP contribution >= 0.6 is 17.2 Å². The maximum absolute atomic E-state index is 11.1. The van der Waals surface area contributed by atoms with E-state index in [2.05, 4.69) is 45.9 Å². The zero-order valence-corrected chi connectivity index (χ0v) is 21.0. The van der Waals surface area contributed by atoms with Crippen molar-refractivity contribution < 1.29 is 44.3 Å². The van der Waals surface area contributed by atoms with Gasteiger partial charge in [0.15, 0.2) is 0 Å². The highest BCUT2D eigenvalue weighted by Gasteiger charge is 2.42. The van der Waals surface area contributed by atoms with Crippen LogP contribution in [0.2, 0.25) is 0 Å². The van der Waals surface area contributed by atoms with Gasteiger partial charge in [-0.25, -0.2) is 4.31 Å². The average molecular weight is 484 g/mol. The molecule has 0 aliphatic carbocycles. The van der Waals surface area contributed by atoms with Crippen LogP contribution in [-0.4, -0.2) is 59.8 Å². The SMILES string of the molecule is Cc1cc(C(C)(C)C)c(C(O)C(CO)(CO)CO)c(C(C)(C)C)c1.OP(O)OP(O)O. The van der Waals surface area contributed by atoms with E-state index in [1.165, 1.54) is 0 Å². The lowest BCUT2D eigenvalue weighted by molar-refractivity contribution is -0.0862. The molecule has 0 aromatic heterocycles. The summed E-state index contributed by atoms with van der Waals surface area (Å²) in [4.78, 5) is 31.3. The third kappa shape index (κ3) is 8.88. The Morgan fingerprint density at radius 1 is 0.774 bits per heavy atom. The first kappa shape index (κ1) is 30.7. The highest BCUT2D eigenvalue weighted by Crippen LogP contribution is 2.44. The second-order valence-corrected chi connectivity index (χ2v) is 11.3. The van der Waals surface area contributed by atoms with E-state index in [0.29, 0.717) is 5.56 Å². The lowest BCUT2D eigenvalue weighted by atomic mass is 9.69. The van der Waals surface area contributed by atoms with Crippen LogP contribution in [0.25, 0.3) is 0 Å². The van der Waals surface area contributed by atoms with E-state index in [0.717, 1.165) is 16.7 Å². The molecule has 1 atom stereocenters. The van der Waals surface area contributed by atoms with Crippen LogP contribution in [0.5, 0.6) is 0 Å². The van der Waals surface area contributed by atoms with Gasteiger partial charge < -0.3 is 40.0 Å². The van der Waals surface area contributed by atoms with Gasteiger partial charge in [0.05, 0.1) is 31.3 Å². The molecule has 0 fully saturated rings. The molecule has 31 heavy (non-hydrogen) atoms. The van der Waals surface area contributed by atoms with Gasteiger partial charge in [0.2, 0.25) is 0 Å². The summed E-state index contributed by atoms with van der Waals surface area (Å²) in [6.45, 7) is 13.0. The Kier molecular flexibility index (Phi) is 12.1. The molecule has 1 aromatic carbocycles. The minimum atomic E-state index is -2.61. The van der Waals surface area contributed by atoms with Crippen molar-refractivity contribution in [1.29, 1.82) is 0 Å². The summed E-state index contributed by atoms with van der Waals surface area (Å²) in [5, 5.41) is 40.4. The number of aryl methyl sites for hydroxylation is 1. The van der Waals surface area contributed by atoms with Gasteiger partial charge in [-0.05, 0) is 34.4 Å². The van der Waals surface area contributed by atoms with Crippen molar-refractivity contribution in [2.75, 3.05) is 19.8 Å². The third-order valence-electron chi connectivity index (χ3n) is 4.88. The smallest absolute Gasteiger partial charge is 0.334 e. The molecule has 0 aliphatic rings. The van der Waals surface area contributed by atoms with E-state index >= 15 is 0 Å². The van der Waals surface area contributed by atoms with Crippen molar-refractivity contribution in [3.63, 3.8) is 0 Å². The molecule has 8 N–H and O–H groups in total. The summed E-state index contributed by atoms with van der Waals surface area (Å²) >= 11 is 0. The molecular formula is C20H38O9P2. The topological polar surface area (TPSA) is 171 Å². The number of rotatable bonds is 7. The van der Waals surface area contributed by atoms with Crippen LogP contribution in [-0.2, 0) is 15.1 Å². The number of hydrogen-bond acceptors (Lipinski definition) is 9. The molecule has 1 unspecified atom stereocenters. The summed E-state index contributed by atoms with van der Waals surface area (Å²) in [7, 11) is -5.22. The van der Waals surface area contributed by atoms with Crippen molar-refractivity contribution in [2.24, 2.45) is 5.41 Å². The molecule has 0 heterocycles. The Morgan fingerprint density at radius 3 is 1.29 bits per heavy atom. The Labute approximate surface area is 187 Å². The second kappa shape index (κ2) is 12.3. The third-order valence-corrected chi connectivity index (χ3v) is 6.05. The van der Waals surface area contributed by atoms with Crippen LogP contribution in [0.3, 0.4) is 0 Å². The largest absolute Gasteiger partial charge is 0.395 e. The van der Waals surface area contributed by atoms with Crippen molar-refractivity contribution in [1.82, 2.24) is 0 Å². The zero-order valence-electron chi connectivity index (χ0n) is 19.2. The summed E-state index contributed by atoms with van der Waals surface area (Å²) in [6, 6.07) is 4.09. The van der Waals surface area contributed by atoms with Crippen LogP contribution in [0.4, 0.5) is 0 Å². The van der Waals surface area contributed by atoms with E-state index in [1.807, 2.05) is 19.1 Å². The minimum Gasteiger partial charge on any atom is -0.395 e. The second-order valence-electron chi connectivity index (χ2n) is 9.60. The standard InChI is InChI=1S/C20H34O4.H4O5P2/c1-13-8-14(18(2,3)4)16(15(9-13)19(5,6)7)17(24)20(10-21,11-22)12-23;1-6(2)5-7(3)4/h8-9,17,21-24H,10-12H2,1-7H3;1-4H. The Bertz CT molecular complexity index is 629. The fourth-order valence-corrected chi connectivity index (χ4v) is 3.64. The molecule has 182 valence electrons. The number of aliphatic hydroxyl groups excluding tert-OH is 4. The molecule has 1 rings (SSSR count). The lowest BCUT2D eigenvalue weighted by Crippen LogP contribution is -2.42. The first-order valence-corrected chi connectivity index (χ1v) is 12.0. The monoisotopic (exact) mass is 484 g/mol. The predicted octanol–water partition coefficient (Wildman–Crippen LogP) is 2.01. The normalized spacial score (nSPS) is 14.0. The molecule has 0 bridgehead atoms. The summed E-state index contributed by atoms with van der Waals surface area (Å²) in [6.07, 6.45) is -1.17. The molecule has 0 aliphatic heterocycles. The fourth-order valence-electron chi connectivity index (χ4n) is 3.11. The fraction of sp³-hybridized carbons (Fsp3) is 0.700. The van der Waals surface area contributed by atoms with Crippen LogP contribution in [0.15, 0.2) is 12.1 Å². The van der Waals surface area contributed by atoms with E-state index in [1.54, 1.807) is 0 Å². The van der Waals surface area contributed by atoms with Crippen molar-refractivity contribution >= 4 is 17.2 Å². The maximum atomic E-state index is 11.1. The quantitative estimate of drug-likeness (QED) is 0.270. The summed E-state index contributed by atoms with van der Waals surface area (Å²) in [5.74, 6) is 0. The highest BCUT2D eigenvalue weighted by molar-refractivity contribution is 7.53. The van der Waals surface area contributed by atoms with Gasteiger partial charge in [-0.2, -0.15) is 0 Å². The van der Waals surface area contributed by atoms with Gasteiger partial charge in [-0.3, -0.25) is 0 Å². The summed E-state index contributed by atoms with van der Waals surface area (Å²) in [5.41, 5.74) is 1.92. The van der Waals surface area contributed by atoms with Gasteiger partial charge in [-0.1, -0.05) is 59.2 Å². The number of aliphatic hydroxyl groups is 4. The molecule has 0 radical (unpaired) electrons. The van der Waals surface area contributed by atoms with Gasteiger partial charge in [0.1, 0.15) is 0 Å². The highest BCUT2D eigenvalue weighted by atomic mass is 31.2. The van der Waals surface area contributed by atoms with Crippen molar-refractivity contribution in [3.05, 3.63) is 34.4 Å². The Morgan fingerprint density at radius 2 is 1.10 bits per heavy atom. The Hall–Kier alpha value is -0.280. The molecule has 11 heteroatoms. The molecule has 0 saturated heterocycles. The first-order chi connectivity index (χ1) is 14.0. The van der Waals surface area contributed by atoms with Crippen molar-refractivity contribution in [3.8, 4) is 0 Å². The number of hydrogen-bond donors (Lipinski definition) is 8. The predicted molar refractivity (Wildman–Crippen MR) is 121 cm³/mol. The minimum absolute atomic E-state index is 0.228. The Balaban J connectivity index is 0.00000110. The van der Waals surface area contributed by atoms with E-state index in [-0.39, 0.29) is 10.8 Å². The maximum Gasteiger partial charge on any atom is 0.334 e. The molecule has 1 aromatic rings. The van der Waals surface area contributed by atoms with Gasteiger partial charge in [-0.15, -0.1) is 0 Å². The van der Waals surface area contributed by atoms with Crippen LogP contribution in [0, 0.1) is 12.3 Å². The molecule has 0 saturated carbocycles. The summed E-state index contributed by atoms with van der Waals surface area (Å²) < 4.78 is 3.60. The van der Waals surface area contributed by atoms with Crippen LogP contribution in [0.1, 0.15) is 69.9 Å². The molecular weight excluding hydrogens is 446 g/mol. The van der Waals surface area contributed by atoms with Gasteiger partial charge in [0.25, 0.3) is 0 Å².